The van der Waals surface area contributed by atoms with Gasteiger partial charge in [-0.05, 0) is 75.3 Å². The number of amides is 1. The number of ether oxygens (including phenoxy) is 3. The third-order valence-corrected chi connectivity index (χ3v) is 6.59. The predicted molar refractivity (Wildman–Crippen MR) is 143 cm³/mol. The Morgan fingerprint density at radius 2 is 1.89 bits per heavy atom. The zero-order valence-corrected chi connectivity index (χ0v) is 22.6. The third-order valence-electron chi connectivity index (χ3n) is 5.95. The van der Waals surface area contributed by atoms with Gasteiger partial charge in [-0.1, -0.05) is 26.0 Å². The van der Waals surface area contributed by atoms with Crippen LogP contribution in [0.4, 0.5) is 0 Å². The quantitative estimate of drug-likeness (QED) is 0.319. The molecule has 3 aromatic rings. The van der Waals surface area contributed by atoms with Crippen molar-refractivity contribution in [2.75, 3.05) is 33.9 Å². The Labute approximate surface area is 217 Å². The van der Waals surface area contributed by atoms with E-state index in [9.17, 15) is 4.79 Å². The molecule has 1 N–H and O–H groups in total. The molecule has 1 atom stereocenters. The molecule has 0 spiro atoms. The fraction of sp³-hybridized carbons (Fsp3) is 0.444. The van der Waals surface area contributed by atoms with Crippen LogP contribution in [0.25, 0.3) is 0 Å². The molecule has 1 aromatic heterocycles. The fourth-order valence-electron chi connectivity index (χ4n) is 3.85. The first kappa shape index (κ1) is 27.4. The van der Waals surface area contributed by atoms with E-state index >= 15 is 0 Å². The summed E-state index contributed by atoms with van der Waals surface area (Å²) < 4.78 is 21.1. The number of nitrogens with zero attached hydrogens (tertiary/aromatic N) is 3. The van der Waals surface area contributed by atoms with Crippen molar-refractivity contribution < 1.29 is 19.0 Å². The van der Waals surface area contributed by atoms with Crippen LogP contribution < -0.4 is 19.5 Å². The van der Waals surface area contributed by atoms with Crippen LogP contribution in [0.5, 0.6) is 22.4 Å². The Morgan fingerprint density at radius 3 is 2.61 bits per heavy atom. The Morgan fingerprint density at radius 1 is 1.08 bits per heavy atom. The Balaban J connectivity index is 1.62. The van der Waals surface area contributed by atoms with E-state index in [0.717, 1.165) is 55.3 Å². The minimum absolute atomic E-state index is 0.0712. The van der Waals surface area contributed by atoms with Gasteiger partial charge in [0.2, 0.25) is 0 Å². The first-order chi connectivity index (χ1) is 17.4. The standard InChI is InChI=1S/C27H36N4O4S/c1-6-31(7-2)15-9-10-19(3)28-26(32)21-13-14-23(34-5)24(18-21)35-27-29-25(30-36-27)17-20-11-8-12-22(16-20)33-4/h8,11-14,16,18-19H,6-7,9-10,15,17H2,1-5H3,(H,28,32). The van der Waals surface area contributed by atoms with Crippen LogP contribution in [0.15, 0.2) is 42.5 Å². The van der Waals surface area contributed by atoms with Gasteiger partial charge in [0.15, 0.2) is 17.3 Å². The summed E-state index contributed by atoms with van der Waals surface area (Å²) in [6, 6.07) is 13.0. The fourth-order valence-corrected chi connectivity index (χ4v) is 4.41. The van der Waals surface area contributed by atoms with Crippen LogP contribution in [-0.2, 0) is 6.42 Å². The summed E-state index contributed by atoms with van der Waals surface area (Å²) in [5.41, 5.74) is 1.55. The molecule has 2 aromatic carbocycles. The topological polar surface area (TPSA) is 85.8 Å². The lowest BCUT2D eigenvalue weighted by atomic mass is 10.1. The third kappa shape index (κ3) is 7.93. The lowest BCUT2D eigenvalue weighted by Crippen LogP contribution is -2.33. The number of aromatic nitrogens is 2. The van der Waals surface area contributed by atoms with E-state index in [0.29, 0.717) is 34.5 Å². The van der Waals surface area contributed by atoms with Crippen LogP contribution in [0.3, 0.4) is 0 Å². The van der Waals surface area contributed by atoms with E-state index in [-0.39, 0.29) is 11.9 Å². The highest BCUT2D eigenvalue weighted by Crippen LogP contribution is 2.33. The van der Waals surface area contributed by atoms with E-state index in [4.69, 9.17) is 14.2 Å². The SMILES string of the molecule is CCN(CC)CCCC(C)NC(=O)c1ccc(OC)c(Oc2nc(Cc3cccc(OC)c3)ns2)c1. The van der Waals surface area contributed by atoms with Crippen molar-refractivity contribution in [3.8, 4) is 22.4 Å². The van der Waals surface area contributed by atoms with Crippen molar-refractivity contribution in [2.45, 2.75) is 46.1 Å². The van der Waals surface area contributed by atoms with Crippen molar-refractivity contribution in [1.29, 1.82) is 0 Å². The smallest absolute Gasteiger partial charge is 0.298 e. The Hall–Kier alpha value is -3.17. The van der Waals surface area contributed by atoms with Gasteiger partial charge in [0.25, 0.3) is 11.1 Å². The molecule has 0 aliphatic carbocycles. The van der Waals surface area contributed by atoms with Gasteiger partial charge in [-0.3, -0.25) is 4.79 Å². The molecule has 9 heteroatoms. The van der Waals surface area contributed by atoms with Crippen LogP contribution in [-0.4, -0.2) is 60.1 Å². The summed E-state index contributed by atoms with van der Waals surface area (Å²) in [4.78, 5) is 19.8. The van der Waals surface area contributed by atoms with Crippen LogP contribution in [0.2, 0.25) is 0 Å². The summed E-state index contributed by atoms with van der Waals surface area (Å²) >= 11 is 1.16. The van der Waals surface area contributed by atoms with Crippen LogP contribution in [0.1, 0.15) is 55.4 Å². The van der Waals surface area contributed by atoms with E-state index < -0.39 is 0 Å². The zero-order valence-electron chi connectivity index (χ0n) is 21.7. The molecule has 0 radical (unpaired) electrons. The normalized spacial score (nSPS) is 11.8. The van der Waals surface area contributed by atoms with Gasteiger partial charge in [-0.25, -0.2) is 0 Å². The first-order valence-corrected chi connectivity index (χ1v) is 13.1. The zero-order chi connectivity index (χ0) is 25.9. The lowest BCUT2D eigenvalue weighted by molar-refractivity contribution is 0.0937. The maximum Gasteiger partial charge on any atom is 0.298 e. The highest BCUT2D eigenvalue weighted by Gasteiger charge is 2.16. The molecule has 194 valence electrons. The van der Waals surface area contributed by atoms with Gasteiger partial charge in [0, 0.05) is 29.6 Å². The highest BCUT2D eigenvalue weighted by atomic mass is 32.1. The summed E-state index contributed by atoms with van der Waals surface area (Å²) in [6.07, 6.45) is 2.51. The van der Waals surface area contributed by atoms with Gasteiger partial charge in [0.05, 0.1) is 14.2 Å². The van der Waals surface area contributed by atoms with Gasteiger partial charge in [-0.15, -0.1) is 0 Å². The summed E-state index contributed by atoms with van der Waals surface area (Å²) in [5.74, 6) is 2.23. The van der Waals surface area contributed by atoms with Crippen molar-refractivity contribution >= 4 is 17.4 Å². The second-order valence-corrected chi connectivity index (χ2v) is 9.23. The molecule has 1 heterocycles. The van der Waals surface area contributed by atoms with Crippen molar-refractivity contribution in [2.24, 2.45) is 0 Å². The van der Waals surface area contributed by atoms with Crippen molar-refractivity contribution in [3.63, 3.8) is 0 Å². The number of nitrogens with one attached hydrogen (secondary N) is 1. The molecular formula is C27H36N4O4S. The largest absolute Gasteiger partial charge is 0.497 e. The van der Waals surface area contributed by atoms with Crippen LogP contribution in [0, 0.1) is 0 Å². The van der Waals surface area contributed by atoms with Crippen molar-refractivity contribution in [1.82, 2.24) is 19.6 Å². The van der Waals surface area contributed by atoms with Gasteiger partial charge < -0.3 is 24.4 Å². The summed E-state index contributed by atoms with van der Waals surface area (Å²) in [6.45, 7) is 9.50. The van der Waals surface area contributed by atoms with E-state index in [1.54, 1.807) is 32.4 Å². The van der Waals surface area contributed by atoms with Gasteiger partial charge >= 0.3 is 0 Å². The minimum Gasteiger partial charge on any atom is -0.497 e. The molecular weight excluding hydrogens is 476 g/mol. The molecule has 0 fully saturated rings. The molecule has 3 rings (SSSR count). The number of carbonyl (C=O) groups excluding carboxylic acids is 1. The average Bonchev–Trinajstić information content (AvgIpc) is 3.33. The molecule has 0 aliphatic rings. The summed E-state index contributed by atoms with van der Waals surface area (Å²) in [5, 5.41) is 3.47. The van der Waals surface area contributed by atoms with E-state index in [1.807, 2.05) is 31.2 Å². The Kier molecular flexibility index (Phi) is 10.5. The number of benzene rings is 2. The monoisotopic (exact) mass is 512 g/mol. The van der Waals surface area contributed by atoms with Gasteiger partial charge in [-0.2, -0.15) is 9.36 Å². The number of carbonyl (C=O) groups is 1. The maximum atomic E-state index is 12.9. The molecule has 0 bridgehead atoms. The van der Waals surface area contributed by atoms with E-state index in [2.05, 4.69) is 33.4 Å². The molecule has 0 aliphatic heterocycles. The molecule has 1 unspecified atom stereocenters. The average molecular weight is 513 g/mol. The van der Waals surface area contributed by atoms with Gasteiger partial charge in [0.1, 0.15) is 5.75 Å². The highest BCUT2D eigenvalue weighted by molar-refractivity contribution is 7.07. The second-order valence-electron chi connectivity index (χ2n) is 8.52. The maximum absolute atomic E-state index is 12.9. The van der Waals surface area contributed by atoms with Crippen LogP contribution >= 0.6 is 11.5 Å². The Bertz CT molecular complexity index is 1120. The predicted octanol–water partition coefficient (Wildman–Crippen LogP) is 5.18. The molecule has 0 saturated carbocycles. The number of methoxy groups -OCH3 is 2. The molecule has 1 amide bonds. The second kappa shape index (κ2) is 13.8. The van der Waals surface area contributed by atoms with Crippen molar-refractivity contribution in [3.05, 3.63) is 59.4 Å². The van der Waals surface area contributed by atoms with E-state index in [1.165, 1.54) is 0 Å². The molecule has 0 saturated heterocycles. The molecule has 36 heavy (non-hydrogen) atoms. The number of hydrogen-bond donors (Lipinski definition) is 1. The number of hydrogen-bond acceptors (Lipinski definition) is 8. The minimum atomic E-state index is -0.145. The number of rotatable bonds is 14. The summed E-state index contributed by atoms with van der Waals surface area (Å²) in [7, 11) is 3.20. The molecule has 8 nitrogen and oxygen atoms in total. The lowest BCUT2D eigenvalue weighted by Gasteiger charge is -2.20. The first-order valence-electron chi connectivity index (χ1n) is 12.3.